The molecule has 2 aromatic carbocycles. The molecule has 24 heavy (non-hydrogen) atoms. The van der Waals surface area contributed by atoms with Crippen LogP contribution in [0.1, 0.15) is 33.5 Å². The molecule has 4 heteroatoms. The minimum atomic E-state index is -0.460. The predicted octanol–water partition coefficient (Wildman–Crippen LogP) is 3.15. The van der Waals surface area contributed by atoms with Crippen molar-refractivity contribution in [1.29, 1.82) is 0 Å². The lowest BCUT2D eigenvalue weighted by Crippen LogP contribution is -2.41. The van der Waals surface area contributed by atoms with Gasteiger partial charge in [0.05, 0.1) is 0 Å². The molecule has 1 saturated heterocycles. The zero-order chi connectivity index (χ0) is 17.3. The van der Waals surface area contributed by atoms with Crippen molar-refractivity contribution in [3.8, 4) is 0 Å². The second-order valence-corrected chi connectivity index (χ2v) is 6.46. The number of benzene rings is 2. The number of carbonyl (C=O) groups excluding carboxylic acids is 2. The molecule has 0 aliphatic carbocycles. The van der Waals surface area contributed by atoms with E-state index < -0.39 is 6.04 Å². The van der Waals surface area contributed by atoms with Gasteiger partial charge < -0.3 is 10.2 Å². The van der Waals surface area contributed by atoms with E-state index in [1.807, 2.05) is 63.2 Å². The van der Waals surface area contributed by atoms with Gasteiger partial charge in [0.25, 0.3) is 5.91 Å². The van der Waals surface area contributed by atoms with E-state index in [1.165, 1.54) is 0 Å². The van der Waals surface area contributed by atoms with E-state index in [2.05, 4.69) is 5.32 Å². The van der Waals surface area contributed by atoms with Crippen molar-refractivity contribution >= 4 is 17.5 Å². The van der Waals surface area contributed by atoms with Crippen molar-refractivity contribution in [2.75, 3.05) is 11.4 Å². The van der Waals surface area contributed by atoms with Crippen LogP contribution in [-0.2, 0) is 4.79 Å². The Morgan fingerprint density at radius 1 is 1.04 bits per heavy atom. The minimum absolute atomic E-state index is 0.0440. The van der Waals surface area contributed by atoms with Crippen molar-refractivity contribution in [1.82, 2.24) is 5.32 Å². The lowest BCUT2D eigenvalue weighted by Gasteiger charge is -2.18. The van der Waals surface area contributed by atoms with Crippen LogP contribution in [0.3, 0.4) is 0 Å². The maximum absolute atomic E-state index is 12.6. The predicted molar refractivity (Wildman–Crippen MR) is 95.3 cm³/mol. The van der Waals surface area contributed by atoms with Crippen LogP contribution in [0.4, 0.5) is 5.69 Å². The van der Waals surface area contributed by atoms with Gasteiger partial charge in [0.2, 0.25) is 5.91 Å². The van der Waals surface area contributed by atoms with E-state index in [9.17, 15) is 9.59 Å². The van der Waals surface area contributed by atoms with Crippen molar-refractivity contribution in [3.05, 3.63) is 64.7 Å². The van der Waals surface area contributed by atoms with E-state index in [0.717, 1.165) is 22.4 Å². The van der Waals surface area contributed by atoms with Gasteiger partial charge in [-0.2, -0.15) is 0 Å². The first-order valence-corrected chi connectivity index (χ1v) is 8.22. The van der Waals surface area contributed by atoms with Crippen molar-refractivity contribution in [3.63, 3.8) is 0 Å². The molecule has 1 aliphatic rings. The summed E-state index contributed by atoms with van der Waals surface area (Å²) >= 11 is 0. The second kappa shape index (κ2) is 6.48. The Labute approximate surface area is 142 Å². The van der Waals surface area contributed by atoms with Gasteiger partial charge in [-0.25, -0.2) is 0 Å². The molecule has 124 valence electrons. The molecule has 1 fully saturated rings. The number of aryl methyl sites for hydroxylation is 3. The molecule has 1 N–H and O–H groups in total. The SMILES string of the molecule is Cc1ccc(N2CC[C@@H](NC(=O)c3cc(C)ccc3C)C2=O)cc1. The number of hydrogen-bond donors (Lipinski definition) is 1. The molecule has 0 radical (unpaired) electrons. The Kier molecular flexibility index (Phi) is 4.38. The number of anilines is 1. The van der Waals surface area contributed by atoms with Gasteiger partial charge in [-0.1, -0.05) is 35.4 Å². The Balaban J connectivity index is 1.72. The summed E-state index contributed by atoms with van der Waals surface area (Å²) in [6.07, 6.45) is 0.628. The van der Waals surface area contributed by atoms with E-state index in [1.54, 1.807) is 4.90 Å². The van der Waals surface area contributed by atoms with E-state index in [-0.39, 0.29) is 11.8 Å². The van der Waals surface area contributed by atoms with Crippen LogP contribution in [0.25, 0.3) is 0 Å². The Hall–Kier alpha value is -2.62. The molecule has 0 aromatic heterocycles. The van der Waals surface area contributed by atoms with Crippen LogP contribution >= 0.6 is 0 Å². The van der Waals surface area contributed by atoms with E-state index >= 15 is 0 Å². The average molecular weight is 322 g/mol. The van der Waals surface area contributed by atoms with Gasteiger partial charge in [0.15, 0.2) is 0 Å². The Bertz CT molecular complexity index is 781. The zero-order valence-corrected chi connectivity index (χ0v) is 14.3. The zero-order valence-electron chi connectivity index (χ0n) is 14.3. The van der Waals surface area contributed by atoms with Crippen molar-refractivity contribution in [2.45, 2.75) is 33.2 Å². The van der Waals surface area contributed by atoms with Gasteiger partial charge >= 0.3 is 0 Å². The fraction of sp³-hybridized carbons (Fsp3) is 0.300. The molecule has 2 amide bonds. The average Bonchev–Trinajstić information content (AvgIpc) is 2.91. The quantitative estimate of drug-likeness (QED) is 0.944. The molecular weight excluding hydrogens is 300 g/mol. The topological polar surface area (TPSA) is 49.4 Å². The number of nitrogens with one attached hydrogen (secondary N) is 1. The molecule has 0 saturated carbocycles. The molecule has 0 spiro atoms. The highest BCUT2D eigenvalue weighted by Gasteiger charge is 2.33. The Morgan fingerprint density at radius 2 is 1.71 bits per heavy atom. The third-order valence-electron chi connectivity index (χ3n) is 4.49. The maximum atomic E-state index is 12.6. The van der Waals surface area contributed by atoms with Gasteiger partial charge in [0.1, 0.15) is 6.04 Å². The van der Waals surface area contributed by atoms with Crippen molar-refractivity contribution < 1.29 is 9.59 Å². The lowest BCUT2D eigenvalue weighted by atomic mass is 10.0. The monoisotopic (exact) mass is 322 g/mol. The van der Waals surface area contributed by atoms with Crippen LogP contribution in [0.15, 0.2) is 42.5 Å². The molecule has 2 aromatic rings. The van der Waals surface area contributed by atoms with Gasteiger partial charge in [-0.05, 0) is 51.0 Å². The minimum Gasteiger partial charge on any atom is -0.340 e. The van der Waals surface area contributed by atoms with Gasteiger partial charge in [0, 0.05) is 17.8 Å². The molecule has 0 unspecified atom stereocenters. The fourth-order valence-corrected chi connectivity index (χ4v) is 3.01. The maximum Gasteiger partial charge on any atom is 0.252 e. The molecular formula is C20H22N2O2. The first kappa shape index (κ1) is 16.2. The molecule has 3 rings (SSSR count). The van der Waals surface area contributed by atoms with Crippen LogP contribution < -0.4 is 10.2 Å². The molecule has 4 nitrogen and oxygen atoms in total. The second-order valence-electron chi connectivity index (χ2n) is 6.46. The van der Waals surface area contributed by atoms with Crippen LogP contribution in [0, 0.1) is 20.8 Å². The molecule has 1 atom stereocenters. The molecule has 1 aliphatic heterocycles. The van der Waals surface area contributed by atoms with Crippen LogP contribution in [0.2, 0.25) is 0 Å². The van der Waals surface area contributed by atoms with E-state index in [0.29, 0.717) is 18.5 Å². The van der Waals surface area contributed by atoms with Crippen LogP contribution in [0.5, 0.6) is 0 Å². The van der Waals surface area contributed by atoms with Gasteiger partial charge in [-0.3, -0.25) is 9.59 Å². The standard InChI is InChI=1S/C20H22N2O2/c1-13-5-8-16(9-6-13)22-11-10-18(20(22)24)21-19(23)17-12-14(2)4-7-15(17)3/h4-9,12,18H,10-11H2,1-3H3,(H,21,23)/t18-/m1/s1. The summed E-state index contributed by atoms with van der Waals surface area (Å²) in [5, 5.41) is 2.89. The first-order valence-electron chi connectivity index (χ1n) is 8.22. The summed E-state index contributed by atoms with van der Waals surface area (Å²) in [5.74, 6) is -0.224. The first-order chi connectivity index (χ1) is 11.5. The number of rotatable bonds is 3. The number of nitrogens with zero attached hydrogens (tertiary/aromatic N) is 1. The van der Waals surface area contributed by atoms with Crippen molar-refractivity contribution in [2.24, 2.45) is 0 Å². The molecule has 0 bridgehead atoms. The third-order valence-corrected chi connectivity index (χ3v) is 4.49. The molecule has 1 heterocycles. The number of amides is 2. The largest absolute Gasteiger partial charge is 0.340 e. The van der Waals surface area contributed by atoms with Crippen LogP contribution in [-0.4, -0.2) is 24.4 Å². The summed E-state index contributed by atoms with van der Waals surface area (Å²) in [6.45, 7) is 6.50. The summed E-state index contributed by atoms with van der Waals surface area (Å²) in [6, 6.07) is 13.2. The smallest absolute Gasteiger partial charge is 0.252 e. The van der Waals surface area contributed by atoms with Gasteiger partial charge in [-0.15, -0.1) is 0 Å². The summed E-state index contributed by atoms with van der Waals surface area (Å²) in [7, 11) is 0. The number of hydrogen-bond acceptors (Lipinski definition) is 2. The fourth-order valence-electron chi connectivity index (χ4n) is 3.01. The highest BCUT2D eigenvalue weighted by Crippen LogP contribution is 2.22. The van der Waals surface area contributed by atoms with E-state index in [4.69, 9.17) is 0 Å². The summed E-state index contributed by atoms with van der Waals surface area (Å²) < 4.78 is 0. The normalized spacial score (nSPS) is 17.2. The summed E-state index contributed by atoms with van der Waals surface area (Å²) in [5.41, 5.74) is 4.62. The highest BCUT2D eigenvalue weighted by molar-refractivity contribution is 6.04. The third kappa shape index (κ3) is 3.18. The highest BCUT2D eigenvalue weighted by atomic mass is 16.2. The summed E-state index contributed by atoms with van der Waals surface area (Å²) in [4.78, 5) is 26.9. The lowest BCUT2D eigenvalue weighted by molar-refractivity contribution is -0.118. The number of carbonyl (C=O) groups is 2. The Morgan fingerprint density at radius 3 is 2.42 bits per heavy atom.